The first-order valence-electron chi connectivity index (χ1n) is 10.5. The molecule has 1 saturated heterocycles. The molecule has 1 amide bonds. The molecular weight excluding hydrogens is 424 g/mol. The number of piperidine rings is 1. The number of rotatable bonds is 5. The number of halogens is 2. The molecule has 31 heavy (non-hydrogen) atoms. The van der Waals surface area contributed by atoms with Crippen LogP contribution in [-0.2, 0) is 9.84 Å². The van der Waals surface area contributed by atoms with Crippen molar-refractivity contribution in [1.82, 2.24) is 4.98 Å². The Morgan fingerprint density at radius 2 is 1.81 bits per heavy atom. The third kappa shape index (κ3) is 4.71. The minimum absolute atomic E-state index is 0.111. The van der Waals surface area contributed by atoms with E-state index in [-0.39, 0.29) is 41.6 Å². The predicted molar refractivity (Wildman–Crippen MR) is 114 cm³/mol. The first-order chi connectivity index (χ1) is 14.8. The number of sulfone groups is 1. The van der Waals surface area contributed by atoms with E-state index < -0.39 is 21.7 Å². The monoisotopic (exact) mass is 449 g/mol. The normalized spacial score (nSPS) is 19.4. The van der Waals surface area contributed by atoms with Gasteiger partial charge in [0, 0.05) is 37.8 Å². The number of anilines is 2. The molecular formula is C22H25F2N3O3S. The van der Waals surface area contributed by atoms with E-state index in [2.05, 4.69) is 10.3 Å². The molecule has 6 nitrogen and oxygen atoms in total. The van der Waals surface area contributed by atoms with Crippen molar-refractivity contribution < 1.29 is 22.0 Å². The Balaban J connectivity index is 1.53. The zero-order valence-corrected chi connectivity index (χ0v) is 17.9. The number of alkyl halides is 2. The Morgan fingerprint density at radius 1 is 1.10 bits per heavy atom. The molecule has 2 aromatic rings. The van der Waals surface area contributed by atoms with Gasteiger partial charge in [-0.15, -0.1) is 0 Å². The summed E-state index contributed by atoms with van der Waals surface area (Å²) in [6, 6.07) is 9.45. The average Bonchev–Trinajstić information content (AvgIpc) is 3.30. The lowest BCUT2D eigenvalue weighted by atomic mass is 10.1. The lowest BCUT2D eigenvalue weighted by Gasteiger charge is -2.33. The number of amides is 1. The molecule has 9 heteroatoms. The fourth-order valence-electron chi connectivity index (χ4n) is 4.21. The number of aromatic nitrogens is 1. The van der Waals surface area contributed by atoms with Gasteiger partial charge in [-0.1, -0.05) is 18.9 Å². The van der Waals surface area contributed by atoms with Crippen LogP contribution >= 0.6 is 0 Å². The van der Waals surface area contributed by atoms with Gasteiger partial charge in [-0.25, -0.2) is 22.2 Å². The number of carbonyl (C=O) groups is 1. The van der Waals surface area contributed by atoms with Crippen molar-refractivity contribution in [2.75, 3.05) is 23.3 Å². The van der Waals surface area contributed by atoms with Crippen LogP contribution in [0.15, 0.2) is 47.5 Å². The van der Waals surface area contributed by atoms with Gasteiger partial charge in [0.25, 0.3) is 11.8 Å². The summed E-state index contributed by atoms with van der Waals surface area (Å²) in [5, 5.41) is 2.36. The SMILES string of the molecule is O=C(Nc1cccc(S(=O)(=O)C2CCCC2)c1)c1cccnc1N1CCC(F)(F)CC1. The fraction of sp³-hybridized carbons (Fsp3) is 0.455. The Kier molecular flexibility index (Phi) is 5.96. The number of carbonyl (C=O) groups excluding carboxylic acids is 1. The minimum Gasteiger partial charge on any atom is -0.356 e. The summed E-state index contributed by atoms with van der Waals surface area (Å²) < 4.78 is 52.8. The van der Waals surface area contributed by atoms with Crippen LogP contribution < -0.4 is 10.2 Å². The second-order valence-corrected chi connectivity index (χ2v) is 10.4. The van der Waals surface area contributed by atoms with Gasteiger partial charge in [-0.3, -0.25) is 4.79 Å². The van der Waals surface area contributed by atoms with E-state index in [4.69, 9.17) is 0 Å². The molecule has 0 spiro atoms. The highest BCUT2D eigenvalue weighted by atomic mass is 32.2. The van der Waals surface area contributed by atoms with E-state index in [1.165, 1.54) is 12.3 Å². The predicted octanol–water partition coefficient (Wildman–Crippen LogP) is 4.29. The number of nitrogens with zero attached hydrogens (tertiary/aromatic N) is 2. The highest BCUT2D eigenvalue weighted by molar-refractivity contribution is 7.92. The maximum Gasteiger partial charge on any atom is 0.259 e. The van der Waals surface area contributed by atoms with Gasteiger partial charge in [0.2, 0.25) is 0 Å². The molecule has 0 radical (unpaired) electrons. The molecule has 2 heterocycles. The standard InChI is InChI=1S/C22H25F2N3O3S/c23-22(24)10-13-27(14-11-22)20-19(9-4-12-25-20)21(28)26-16-5-3-8-18(15-16)31(29,30)17-6-1-2-7-17/h3-5,8-9,12,15,17H,1-2,6-7,10-11,13-14H2,(H,26,28). The summed E-state index contributed by atoms with van der Waals surface area (Å²) in [7, 11) is -3.44. The summed E-state index contributed by atoms with van der Waals surface area (Å²) in [4.78, 5) is 19.1. The first-order valence-corrected chi connectivity index (χ1v) is 12.0. The molecule has 166 valence electrons. The van der Waals surface area contributed by atoms with E-state index in [0.717, 1.165) is 12.8 Å². The van der Waals surface area contributed by atoms with Gasteiger partial charge in [-0.05, 0) is 43.2 Å². The lowest BCUT2D eigenvalue weighted by molar-refractivity contribution is -0.0221. The van der Waals surface area contributed by atoms with E-state index >= 15 is 0 Å². The van der Waals surface area contributed by atoms with Crippen LogP contribution in [0, 0.1) is 0 Å². The Morgan fingerprint density at radius 3 is 2.52 bits per heavy atom. The van der Waals surface area contributed by atoms with Gasteiger partial charge >= 0.3 is 0 Å². The van der Waals surface area contributed by atoms with Crippen LogP contribution in [0.3, 0.4) is 0 Å². The van der Waals surface area contributed by atoms with Crippen LogP contribution in [0.5, 0.6) is 0 Å². The number of nitrogens with one attached hydrogen (secondary N) is 1. The zero-order chi connectivity index (χ0) is 22.1. The van der Waals surface area contributed by atoms with E-state index in [1.54, 1.807) is 35.2 Å². The van der Waals surface area contributed by atoms with Gasteiger partial charge in [-0.2, -0.15) is 0 Å². The molecule has 1 N–H and O–H groups in total. The van der Waals surface area contributed by atoms with Crippen molar-refractivity contribution in [2.45, 2.75) is 54.6 Å². The van der Waals surface area contributed by atoms with Crippen molar-refractivity contribution in [2.24, 2.45) is 0 Å². The maximum absolute atomic E-state index is 13.5. The van der Waals surface area contributed by atoms with Crippen molar-refractivity contribution in [3.63, 3.8) is 0 Å². The largest absolute Gasteiger partial charge is 0.356 e. The highest BCUT2D eigenvalue weighted by Gasteiger charge is 2.35. The van der Waals surface area contributed by atoms with Gasteiger partial charge in [0.15, 0.2) is 9.84 Å². The van der Waals surface area contributed by atoms with Crippen LogP contribution in [-0.4, -0.2) is 43.6 Å². The summed E-state index contributed by atoms with van der Waals surface area (Å²) >= 11 is 0. The molecule has 1 aromatic heterocycles. The first kappa shape index (κ1) is 21.7. The van der Waals surface area contributed by atoms with Crippen LogP contribution in [0.1, 0.15) is 48.9 Å². The van der Waals surface area contributed by atoms with Crippen LogP contribution in [0.2, 0.25) is 0 Å². The summed E-state index contributed by atoms with van der Waals surface area (Å²) in [5.41, 5.74) is 0.626. The molecule has 0 bridgehead atoms. The van der Waals surface area contributed by atoms with Crippen LogP contribution in [0.4, 0.5) is 20.3 Å². The minimum atomic E-state index is -3.44. The summed E-state index contributed by atoms with van der Waals surface area (Å²) in [6.07, 6.45) is 4.09. The van der Waals surface area contributed by atoms with Crippen molar-refractivity contribution in [3.05, 3.63) is 48.2 Å². The molecule has 4 rings (SSSR count). The zero-order valence-electron chi connectivity index (χ0n) is 17.1. The van der Waals surface area contributed by atoms with Gasteiger partial charge in [0.05, 0.1) is 15.7 Å². The van der Waals surface area contributed by atoms with Crippen molar-refractivity contribution in [3.8, 4) is 0 Å². The second-order valence-electron chi connectivity index (χ2n) is 8.15. The average molecular weight is 450 g/mol. The van der Waals surface area contributed by atoms with Gasteiger partial charge in [0.1, 0.15) is 5.82 Å². The lowest BCUT2D eigenvalue weighted by Crippen LogP contribution is -2.40. The molecule has 1 saturated carbocycles. The van der Waals surface area contributed by atoms with E-state index in [9.17, 15) is 22.0 Å². The quantitative estimate of drug-likeness (QED) is 0.737. The number of benzene rings is 1. The third-order valence-electron chi connectivity index (χ3n) is 5.99. The molecule has 1 aliphatic carbocycles. The maximum atomic E-state index is 13.5. The third-order valence-corrected chi connectivity index (χ3v) is 8.25. The second kappa shape index (κ2) is 8.53. The Labute approximate surface area is 180 Å². The Bertz CT molecular complexity index is 1060. The summed E-state index contributed by atoms with van der Waals surface area (Å²) in [6.45, 7) is 0.221. The molecule has 2 fully saturated rings. The van der Waals surface area contributed by atoms with Crippen LogP contribution in [0.25, 0.3) is 0 Å². The molecule has 0 unspecified atom stereocenters. The van der Waals surface area contributed by atoms with Crippen molar-refractivity contribution >= 4 is 27.2 Å². The topological polar surface area (TPSA) is 79.4 Å². The molecule has 0 atom stereocenters. The van der Waals surface area contributed by atoms with Gasteiger partial charge < -0.3 is 10.2 Å². The molecule has 2 aliphatic rings. The van der Waals surface area contributed by atoms with E-state index in [1.807, 2.05) is 0 Å². The highest BCUT2D eigenvalue weighted by Crippen LogP contribution is 2.32. The van der Waals surface area contributed by atoms with E-state index in [0.29, 0.717) is 24.3 Å². The number of hydrogen-bond donors (Lipinski definition) is 1. The smallest absolute Gasteiger partial charge is 0.259 e. The number of pyridine rings is 1. The van der Waals surface area contributed by atoms with Crippen molar-refractivity contribution in [1.29, 1.82) is 0 Å². The number of hydrogen-bond acceptors (Lipinski definition) is 5. The Hall–Kier alpha value is -2.55. The fourth-order valence-corrected chi connectivity index (χ4v) is 6.11. The molecule has 1 aliphatic heterocycles. The molecule has 1 aromatic carbocycles. The summed E-state index contributed by atoms with van der Waals surface area (Å²) in [5.74, 6) is -2.81.